The van der Waals surface area contributed by atoms with Crippen molar-refractivity contribution in [2.75, 3.05) is 4.90 Å². The molecule has 0 N–H and O–H groups in total. The first-order valence-electron chi connectivity index (χ1n) is 10.5. The van der Waals surface area contributed by atoms with E-state index in [0.29, 0.717) is 16.9 Å². The van der Waals surface area contributed by atoms with E-state index in [2.05, 4.69) is 22.0 Å². The summed E-state index contributed by atoms with van der Waals surface area (Å²) < 4.78 is 6.30. The lowest BCUT2D eigenvalue weighted by atomic mass is 10.0. The molecule has 0 saturated carbocycles. The van der Waals surface area contributed by atoms with Crippen LogP contribution in [0.3, 0.4) is 0 Å². The number of ketones is 2. The minimum Gasteiger partial charge on any atom is -0.453 e. The summed E-state index contributed by atoms with van der Waals surface area (Å²) in [6, 6.07) is 21.7. The van der Waals surface area contributed by atoms with Crippen LogP contribution in [-0.4, -0.2) is 16.6 Å². The zero-order valence-corrected chi connectivity index (χ0v) is 17.9. The Morgan fingerprint density at radius 3 is 2.48 bits per heavy atom. The molecule has 4 aromatic rings. The number of carbonyl (C=O) groups excluding carboxylic acids is 2. The maximum absolute atomic E-state index is 12.9. The van der Waals surface area contributed by atoms with Gasteiger partial charge in [-0.3, -0.25) is 14.6 Å². The Balaban J connectivity index is 1.41. The number of anilines is 3. The molecule has 0 fully saturated rings. The lowest BCUT2D eigenvalue weighted by molar-refractivity contribution is 0.0990. The molecule has 3 aliphatic rings. The van der Waals surface area contributed by atoms with Crippen LogP contribution in [0.4, 0.5) is 17.1 Å². The topological polar surface area (TPSA) is 59.5 Å². The molecule has 3 heterocycles. The van der Waals surface area contributed by atoms with Crippen molar-refractivity contribution in [1.82, 2.24) is 4.98 Å². The highest BCUT2D eigenvalue weighted by atomic mass is 32.2. The van der Waals surface area contributed by atoms with Gasteiger partial charge in [0.2, 0.25) is 0 Å². The SMILES string of the molecule is O=C1/C(=C\c2cc3c4c(c2)Sc2ccccc2N4c2ccccc2O3)C(=O)c2cnccc21. The predicted molar refractivity (Wildman–Crippen MR) is 126 cm³/mol. The molecule has 0 spiro atoms. The van der Waals surface area contributed by atoms with Gasteiger partial charge in [-0.15, -0.1) is 0 Å². The molecule has 1 aromatic heterocycles. The standard InChI is InChI=1S/C27H14N2O3S/c30-26-16-9-10-28-14-18(16)27(31)17(26)11-15-12-22-25-24(13-15)33-23-8-4-2-6-20(23)29(25)19-5-1-3-7-21(19)32-22/h1-14H/b17-11+. The van der Waals surface area contributed by atoms with Crippen LogP contribution in [0.2, 0.25) is 0 Å². The summed E-state index contributed by atoms with van der Waals surface area (Å²) in [6.07, 6.45) is 4.65. The van der Waals surface area contributed by atoms with E-state index in [0.717, 1.165) is 38.2 Å². The minimum absolute atomic E-state index is 0.152. The number of hydrogen-bond donors (Lipinski definition) is 0. The summed E-state index contributed by atoms with van der Waals surface area (Å²) in [5.74, 6) is 0.890. The van der Waals surface area contributed by atoms with Gasteiger partial charge < -0.3 is 9.64 Å². The first-order chi connectivity index (χ1) is 16.2. The van der Waals surface area contributed by atoms with Crippen molar-refractivity contribution in [3.8, 4) is 11.5 Å². The van der Waals surface area contributed by atoms with Crippen LogP contribution >= 0.6 is 11.8 Å². The fourth-order valence-corrected chi connectivity index (χ4v) is 5.72. The molecular weight excluding hydrogens is 432 g/mol. The van der Waals surface area contributed by atoms with Crippen LogP contribution in [0.5, 0.6) is 11.5 Å². The molecule has 5 nitrogen and oxygen atoms in total. The second-order valence-corrected chi connectivity index (χ2v) is 9.06. The molecule has 0 amide bonds. The molecule has 1 aliphatic carbocycles. The third kappa shape index (κ3) is 2.58. The largest absolute Gasteiger partial charge is 0.453 e. The number of ether oxygens (including phenoxy) is 1. The first kappa shape index (κ1) is 18.4. The van der Waals surface area contributed by atoms with Gasteiger partial charge in [0.15, 0.2) is 23.1 Å². The van der Waals surface area contributed by atoms with Gasteiger partial charge in [-0.25, -0.2) is 0 Å². The van der Waals surface area contributed by atoms with Gasteiger partial charge in [0.1, 0.15) is 5.69 Å². The van der Waals surface area contributed by atoms with E-state index in [1.807, 2.05) is 48.5 Å². The highest BCUT2D eigenvalue weighted by molar-refractivity contribution is 7.99. The lowest BCUT2D eigenvalue weighted by Gasteiger charge is -2.38. The van der Waals surface area contributed by atoms with Crippen molar-refractivity contribution in [1.29, 1.82) is 0 Å². The summed E-state index contributed by atoms with van der Waals surface area (Å²) in [6.45, 7) is 0. The van der Waals surface area contributed by atoms with Gasteiger partial charge in [0, 0.05) is 27.7 Å². The molecule has 0 atom stereocenters. The van der Waals surface area contributed by atoms with Gasteiger partial charge in [-0.1, -0.05) is 36.0 Å². The van der Waals surface area contributed by atoms with Gasteiger partial charge in [0.25, 0.3) is 0 Å². The van der Waals surface area contributed by atoms with E-state index in [-0.39, 0.29) is 17.1 Å². The quantitative estimate of drug-likeness (QED) is 0.210. The second kappa shape index (κ2) is 6.67. The van der Waals surface area contributed by atoms with Gasteiger partial charge in [-0.05, 0) is 54.1 Å². The van der Waals surface area contributed by atoms with Crippen LogP contribution < -0.4 is 9.64 Å². The number of para-hydroxylation sites is 3. The third-order valence-corrected chi connectivity index (χ3v) is 7.14. The summed E-state index contributed by atoms with van der Waals surface area (Å²) >= 11 is 1.65. The maximum Gasteiger partial charge on any atom is 0.199 e. The van der Waals surface area contributed by atoms with Gasteiger partial charge >= 0.3 is 0 Å². The maximum atomic E-state index is 12.9. The van der Waals surface area contributed by atoms with E-state index < -0.39 is 0 Å². The lowest BCUT2D eigenvalue weighted by Crippen LogP contribution is -2.19. The minimum atomic E-state index is -0.291. The average Bonchev–Trinajstić information content (AvgIpc) is 3.08. The fraction of sp³-hybridized carbons (Fsp3) is 0. The van der Waals surface area contributed by atoms with Crippen LogP contribution in [0.15, 0.2) is 94.5 Å². The summed E-state index contributed by atoms with van der Waals surface area (Å²) in [5.41, 5.74) is 4.70. The summed E-state index contributed by atoms with van der Waals surface area (Å²) in [7, 11) is 0. The van der Waals surface area contributed by atoms with Crippen molar-refractivity contribution in [3.05, 3.63) is 101 Å². The van der Waals surface area contributed by atoms with Crippen molar-refractivity contribution >= 4 is 46.5 Å². The highest BCUT2D eigenvalue weighted by Gasteiger charge is 2.35. The van der Waals surface area contributed by atoms with E-state index in [1.165, 1.54) is 12.4 Å². The molecule has 0 bridgehead atoms. The Morgan fingerprint density at radius 2 is 1.61 bits per heavy atom. The second-order valence-electron chi connectivity index (χ2n) is 7.98. The number of aromatic nitrogens is 1. The fourth-order valence-electron chi connectivity index (χ4n) is 4.59. The van der Waals surface area contributed by atoms with E-state index in [1.54, 1.807) is 23.9 Å². The van der Waals surface area contributed by atoms with Crippen molar-refractivity contribution in [3.63, 3.8) is 0 Å². The van der Waals surface area contributed by atoms with Gasteiger partial charge in [0.05, 0.1) is 22.5 Å². The number of fused-ring (bicyclic) bond motifs is 5. The number of rotatable bonds is 1. The van der Waals surface area contributed by atoms with E-state index >= 15 is 0 Å². The third-order valence-electron chi connectivity index (χ3n) is 6.05. The number of Topliss-reactive ketones (excluding diaryl/α,β-unsaturated/α-hetero) is 2. The monoisotopic (exact) mass is 446 g/mol. The zero-order valence-electron chi connectivity index (χ0n) is 17.1. The Labute approximate surface area is 193 Å². The molecule has 0 radical (unpaired) electrons. The summed E-state index contributed by atoms with van der Waals surface area (Å²) in [5, 5.41) is 0. The Bertz CT molecular complexity index is 1470. The smallest absolute Gasteiger partial charge is 0.199 e. The normalized spacial score (nSPS) is 16.1. The highest BCUT2D eigenvalue weighted by Crippen LogP contribution is 2.60. The Kier molecular flexibility index (Phi) is 3.72. The summed E-state index contributed by atoms with van der Waals surface area (Å²) in [4.78, 5) is 34.1. The zero-order chi connectivity index (χ0) is 22.1. The molecule has 156 valence electrons. The number of hydrogen-bond acceptors (Lipinski definition) is 6. The molecule has 7 rings (SSSR count). The van der Waals surface area contributed by atoms with Crippen LogP contribution in [0.1, 0.15) is 26.3 Å². The average molecular weight is 446 g/mol. The van der Waals surface area contributed by atoms with E-state index in [9.17, 15) is 9.59 Å². The molecule has 0 saturated heterocycles. The molecule has 33 heavy (non-hydrogen) atoms. The molecule has 0 unspecified atom stereocenters. The molecular formula is C27H14N2O3S. The van der Waals surface area contributed by atoms with E-state index in [4.69, 9.17) is 4.74 Å². The molecule has 3 aromatic carbocycles. The van der Waals surface area contributed by atoms with Crippen molar-refractivity contribution in [2.45, 2.75) is 9.79 Å². The number of allylic oxidation sites excluding steroid dienone is 1. The number of nitrogens with zero attached hydrogens (tertiary/aromatic N) is 2. The molecule has 2 aliphatic heterocycles. The molecule has 6 heteroatoms. The van der Waals surface area contributed by atoms with Crippen molar-refractivity contribution in [2.24, 2.45) is 0 Å². The van der Waals surface area contributed by atoms with Crippen molar-refractivity contribution < 1.29 is 14.3 Å². The Morgan fingerprint density at radius 1 is 0.818 bits per heavy atom. The predicted octanol–water partition coefficient (Wildman–Crippen LogP) is 6.58. The van der Waals surface area contributed by atoms with Crippen LogP contribution in [0, 0.1) is 0 Å². The van der Waals surface area contributed by atoms with Crippen LogP contribution in [-0.2, 0) is 0 Å². The number of benzene rings is 3. The number of carbonyl (C=O) groups is 2. The van der Waals surface area contributed by atoms with Crippen LogP contribution in [0.25, 0.3) is 6.08 Å². The van der Waals surface area contributed by atoms with Gasteiger partial charge in [-0.2, -0.15) is 0 Å². The Hall–Kier alpha value is -4.16. The first-order valence-corrected chi connectivity index (χ1v) is 11.3. The number of pyridine rings is 1.